The number of aryl methyl sites for hydroxylation is 1. The van der Waals surface area contributed by atoms with E-state index in [1.54, 1.807) is 0 Å². The molecule has 0 saturated carbocycles. The summed E-state index contributed by atoms with van der Waals surface area (Å²) in [5.74, 6) is 4.22. The van der Waals surface area contributed by atoms with Crippen molar-refractivity contribution in [2.45, 2.75) is 124 Å². The molecule has 27 heavy (non-hydrogen) atoms. The third kappa shape index (κ3) is 9.50. The number of terminal acetylenes is 1. The smallest absolute Gasteiger partial charge is 0.253 e. The molecule has 1 rings (SSSR count). The van der Waals surface area contributed by atoms with Crippen molar-refractivity contribution in [2.75, 3.05) is 0 Å². The zero-order chi connectivity index (χ0) is 19.2. The van der Waals surface area contributed by atoms with Crippen LogP contribution in [-0.2, 0) is 13.0 Å². The Morgan fingerprint density at radius 3 is 1.93 bits per heavy atom. The minimum atomic E-state index is 0. The Balaban J connectivity index is 0.00000676. The van der Waals surface area contributed by atoms with Crippen LogP contribution < -0.4 is 28.5 Å². The van der Waals surface area contributed by atoms with Gasteiger partial charge in [-0.2, -0.15) is 0 Å². The van der Waals surface area contributed by atoms with Crippen molar-refractivity contribution in [2.24, 2.45) is 0 Å². The van der Waals surface area contributed by atoms with Crippen molar-refractivity contribution < 1.29 is 28.5 Å². The lowest BCUT2D eigenvalue weighted by molar-refractivity contribution is -0.703. The van der Waals surface area contributed by atoms with E-state index in [4.69, 9.17) is 6.42 Å². The van der Waals surface area contributed by atoms with E-state index in [-0.39, 0.29) is 24.0 Å². The summed E-state index contributed by atoms with van der Waals surface area (Å²) in [5.41, 5.74) is 1.31. The molecular weight excluding hydrogens is 443 g/mol. The number of rotatable bonds is 15. The number of halogens is 1. The first-order valence-corrected chi connectivity index (χ1v) is 11.2. The average Bonchev–Trinajstić information content (AvgIpc) is 2.94. The monoisotopic (exact) mass is 486 g/mol. The van der Waals surface area contributed by atoms with Gasteiger partial charge in [-0.15, -0.1) is 6.42 Å². The molecule has 0 aliphatic carbocycles. The quantitative estimate of drug-likeness (QED) is 0.155. The Morgan fingerprint density at radius 1 is 0.926 bits per heavy atom. The SMILES string of the molecule is C#CCc1c[n+](CCCCCCCCCCCC)c(C)n1C(CC)CC.[I-]. The van der Waals surface area contributed by atoms with Crippen LogP contribution in [0.15, 0.2) is 6.20 Å². The molecule has 3 heteroatoms. The Bertz CT molecular complexity index is 523. The maximum absolute atomic E-state index is 5.61. The summed E-state index contributed by atoms with van der Waals surface area (Å²) in [5, 5.41) is 0. The fourth-order valence-electron chi connectivity index (χ4n) is 4.07. The minimum Gasteiger partial charge on any atom is -1.00 e. The molecule has 0 saturated heterocycles. The summed E-state index contributed by atoms with van der Waals surface area (Å²) in [6.45, 7) is 10.2. The van der Waals surface area contributed by atoms with Crippen LogP contribution in [-0.4, -0.2) is 4.57 Å². The first kappa shape index (κ1) is 26.5. The van der Waals surface area contributed by atoms with Gasteiger partial charge in [-0.05, 0) is 25.7 Å². The van der Waals surface area contributed by atoms with Crippen LogP contribution in [0.3, 0.4) is 0 Å². The predicted molar refractivity (Wildman–Crippen MR) is 113 cm³/mol. The lowest BCUT2D eigenvalue weighted by Gasteiger charge is -2.12. The maximum Gasteiger partial charge on any atom is 0.253 e. The number of hydrogen-bond donors (Lipinski definition) is 0. The molecule has 0 aliphatic rings. The summed E-state index contributed by atoms with van der Waals surface area (Å²) in [6.07, 6.45) is 24.9. The fourth-order valence-corrected chi connectivity index (χ4v) is 4.07. The van der Waals surface area contributed by atoms with E-state index in [2.05, 4.69) is 48.9 Å². The number of aromatic nitrogens is 2. The summed E-state index contributed by atoms with van der Waals surface area (Å²) >= 11 is 0. The molecule has 0 bridgehead atoms. The van der Waals surface area contributed by atoms with Gasteiger partial charge in [0.25, 0.3) is 5.82 Å². The van der Waals surface area contributed by atoms with Gasteiger partial charge in [-0.25, -0.2) is 9.13 Å². The normalized spacial score (nSPS) is 10.8. The number of nitrogens with zero attached hydrogens (tertiary/aromatic N) is 2. The van der Waals surface area contributed by atoms with Crippen LogP contribution in [0.5, 0.6) is 0 Å². The Kier molecular flexibility index (Phi) is 16.1. The molecule has 0 radical (unpaired) electrons. The molecule has 1 aromatic heterocycles. The van der Waals surface area contributed by atoms with Gasteiger partial charge in [0.2, 0.25) is 0 Å². The number of imidazole rings is 1. The maximum atomic E-state index is 5.61. The Morgan fingerprint density at radius 2 is 1.44 bits per heavy atom. The summed E-state index contributed by atoms with van der Waals surface area (Å²) < 4.78 is 4.94. The molecule has 0 amide bonds. The molecule has 0 aliphatic heterocycles. The van der Waals surface area contributed by atoms with E-state index >= 15 is 0 Å². The standard InChI is InChI=1S/C24H43N2.HI/c1-6-10-11-12-13-14-15-16-17-18-20-25-21-24(19-7-2)26(22(25)5)23(8-3)9-4;/h2,21,23H,6,8-20H2,1,3-5H3;1H/q+1;/p-1. The Labute approximate surface area is 186 Å². The average molecular weight is 487 g/mol. The van der Waals surface area contributed by atoms with Crippen LogP contribution >= 0.6 is 0 Å². The first-order chi connectivity index (χ1) is 12.7. The molecule has 0 aromatic carbocycles. The predicted octanol–water partition coefficient (Wildman–Crippen LogP) is 3.55. The molecule has 156 valence electrons. The van der Waals surface area contributed by atoms with Gasteiger partial charge in [-0.3, -0.25) is 0 Å². The van der Waals surface area contributed by atoms with Gasteiger partial charge in [-0.1, -0.05) is 78.1 Å². The van der Waals surface area contributed by atoms with E-state index in [0.29, 0.717) is 6.04 Å². The van der Waals surface area contributed by atoms with Crippen LogP contribution in [0.1, 0.15) is 115 Å². The largest absolute Gasteiger partial charge is 1.00 e. The summed E-state index contributed by atoms with van der Waals surface area (Å²) in [6, 6.07) is 0.576. The number of hydrogen-bond acceptors (Lipinski definition) is 0. The molecular formula is C24H43IN2. The molecule has 1 aromatic rings. The summed E-state index contributed by atoms with van der Waals surface area (Å²) in [4.78, 5) is 0. The van der Waals surface area contributed by atoms with E-state index in [0.717, 1.165) is 13.0 Å². The highest BCUT2D eigenvalue weighted by molar-refractivity contribution is 5.09. The topological polar surface area (TPSA) is 8.81 Å². The zero-order valence-electron chi connectivity index (χ0n) is 18.4. The molecule has 0 unspecified atom stereocenters. The van der Waals surface area contributed by atoms with Crippen molar-refractivity contribution in [3.63, 3.8) is 0 Å². The summed E-state index contributed by atoms with van der Waals surface area (Å²) in [7, 11) is 0. The van der Waals surface area contributed by atoms with Gasteiger partial charge in [0.15, 0.2) is 5.69 Å². The zero-order valence-corrected chi connectivity index (χ0v) is 20.6. The molecule has 2 nitrogen and oxygen atoms in total. The van der Waals surface area contributed by atoms with Crippen LogP contribution in [0.2, 0.25) is 0 Å². The van der Waals surface area contributed by atoms with Crippen molar-refractivity contribution in [1.29, 1.82) is 0 Å². The van der Waals surface area contributed by atoms with Gasteiger partial charge in [0.05, 0.1) is 13.0 Å². The first-order valence-electron chi connectivity index (χ1n) is 11.2. The third-order valence-electron chi connectivity index (χ3n) is 5.72. The van der Waals surface area contributed by atoms with Gasteiger partial charge >= 0.3 is 0 Å². The van der Waals surface area contributed by atoms with Crippen LogP contribution in [0.25, 0.3) is 0 Å². The van der Waals surface area contributed by atoms with E-state index in [1.807, 2.05) is 0 Å². The molecule has 0 spiro atoms. The lowest BCUT2D eigenvalue weighted by Crippen LogP contribution is -3.00. The second kappa shape index (κ2) is 16.5. The van der Waals surface area contributed by atoms with Crippen LogP contribution in [0.4, 0.5) is 0 Å². The van der Waals surface area contributed by atoms with E-state index in [9.17, 15) is 0 Å². The van der Waals surface area contributed by atoms with Crippen molar-refractivity contribution in [1.82, 2.24) is 4.57 Å². The van der Waals surface area contributed by atoms with Gasteiger partial charge in [0.1, 0.15) is 12.2 Å². The highest BCUT2D eigenvalue weighted by Crippen LogP contribution is 2.20. The highest BCUT2D eigenvalue weighted by atomic mass is 127. The fraction of sp³-hybridized carbons (Fsp3) is 0.792. The number of unbranched alkanes of at least 4 members (excludes halogenated alkanes) is 9. The molecule has 0 atom stereocenters. The van der Waals surface area contributed by atoms with Gasteiger partial charge < -0.3 is 24.0 Å². The van der Waals surface area contributed by atoms with E-state index in [1.165, 1.54) is 88.6 Å². The van der Waals surface area contributed by atoms with Crippen molar-refractivity contribution >= 4 is 0 Å². The highest BCUT2D eigenvalue weighted by Gasteiger charge is 2.24. The van der Waals surface area contributed by atoms with Crippen molar-refractivity contribution in [3.8, 4) is 12.3 Å². The van der Waals surface area contributed by atoms with E-state index < -0.39 is 0 Å². The molecule has 1 heterocycles. The molecule has 0 fully saturated rings. The van der Waals surface area contributed by atoms with Crippen molar-refractivity contribution in [3.05, 3.63) is 17.7 Å². The molecule has 0 N–H and O–H groups in total. The van der Waals surface area contributed by atoms with Gasteiger partial charge in [0, 0.05) is 6.92 Å². The van der Waals surface area contributed by atoms with Crippen LogP contribution in [0, 0.1) is 19.3 Å². The second-order valence-electron chi connectivity index (χ2n) is 7.76. The third-order valence-corrected chi connectivity index (χ3v) is 5.72. The second-order valence-corrected chi connectivity index (χ2v) is 7.76. The Hall–Kier alpha value is -0.500. The minimum absolute atomic E-state index is 0. The lowest BCUT2D eigenvalue weighted by atomic mass is 10.1.